The average Bonchev–Trinajstić information content (AvgIpc) is 3.02. The Morgan fingerprint density at radius 3 is 2.53 bits per heavy atom. The van der Waals surface area contributed by atoms with Crippen LogP contribution in [-0.4, -0.2) is 74.2 Å². The van der Waals surface area contributed by atoms with E-state index in [4.69, 9.17) is 4.74 Å². The SMILES string of the molecule is C[C@H](CO)N1C[C@H](C)[C@H](CN(C)C(=O)Nc2cccc3ccccc23)Oc2ccc(NS(=O)(=O)c3ccc(F)cc3)cc2C1=O. The molecule has 3 N–H and O–H groups in total. The zero-order valence-corrected chi connectivity index (χ0v) is 25.9. The molecular weight excluding hydrogens is 599 g/mol. The molecular formula is C33H35FN4O6S. The molecule has 236 valence electrons. The fraction of sp³-hybridized carbons (Fsp3) is 0.273. The maximum absolute atomic E-state index is 13.7. The van der Waals surface area contributed by atoms with Crippen molar-refractivity contribution < 1.29 is 32.2 Å². The largest absolute Gasteiger partial charge is 0.487 e. The van der Waals surface area contributed by atoms with E-state index in [1.165, 1.54) is 28.0 Å². The van der Waals surface area contributed by atoms with Gasteiger partial charge in [-0.2, -0.15) is 0 Å². The highest BCUT2D eigenvalue weighted by Crippen LogP contribution is 2.32. The molecule has 0 aromatic heterocycles. The van der Waals surface area contributed by atoms with Crippen molar-refractivity contribution in [3.8, 4) is 5.75 Å². The van der Waals surface area contributed by atoms with Crippen LogP contribution in [-0.2, 0) is 10.0 Å². The van der Waals surface area contributed by atoms with Crippen LogP contribution in [0.2, 0.25) is 0 Å². The number of sulfonamides is 1. The minimum Gasteiger partial charge on any atom is -0.487 e. The number of anilines is 2. The van der Waals surface area contributed by atoms with Crippen LogP contribution >= 0.6 is 0 Å². The van der Waals surface area contributed by atoms with E-state index in [2.05, 4.69) is 10.0 Å². The lowest BCUT2D eigenvalue weighted by Gasteiger charge is -2.38. The van der Waals surface area contributed by atoms with Crippen LogP contribution in [0.5, 0.6) is 5.75 Å². The fourth-order valence-electron chi connectivity index (χ4n) is 5.23. The summed E-state index contributed by atoms with van der Waals surface area (Å²) in [6.07, 6.45) is -0.560. The number of hydrogen-bond acceptors (Lipinski definition) is 6. The number of ether oxygens (including phenoxy) is 1. The number of halogens is 1. The topological polar surface area (TPSA) is 128 Å². The highest BCUT2D eigenvalue weighted by molar-refractivity contribution is 7.92. The molecule has 3 amide bonds. The van der Waals surface area contributed by atoms with Crippen LogP contribution < -0.4 is 14.8 Å². The second kappa shape index (κ2) is 13.1. The third-order valence-electron chi connectivity index (χ3n) is 7.87. The third kappa shape index (κ3) is 7.02. The number of carbonyl (C=O) groups is 2. The molecule has 1 aliphatic heterocycles. The third-order valence-corrected chi connectivity index (χ3v) is 9.27. The number of carbonyl (C=O) groups excluding carboxylic acids is 2. The first-order chi connectivity index (χ1) is 21.5. The zero-order chi connectivity index (χ0) is 32.3. The molecule has 0 fully saturated rings. The molecule has 0 radical (unpaired) electrons. The maximum Gasteiger partial charge on any atom is 0.321 e. The van der Waals surface area contributed by atoms with Crippen molar-refractivity contribution in [1.29, 1.82) is 0 Å². The molecule has 1 aliphatic rings. The summed E-state index contributed by atoms with van der Waals surface area (Å²) < 4.78 is 48.1. The summed E-state index contributed by atoms with van der Waals surface area (Å²) in [5.41, 5.74) is 0.865. The van der Waals surface area contributed by atoms with Gasteiger partial charge in [-0.1, -0.05) is 43.3 Å². The maximum atomic E-state index is 13.7. The number of rotatable bonds is 8. The summed E-state index contributed by atoms with van der Waals surface area (Å²) in [6, 6.07) is 21.2. The zero-order valence-electron chi connectivity index (χ0n) is 25.1. The van der Waals surface area contributed by atoms with E-state index < -0.39 is 33.9 Å². The Kier molecular flexibility index (Phi) is 9.26. The van der Waals surface area contributed by atoms with Gasteiger partial charge in [0.2, 0.25) is 0 Å². The van der Waals surface area contributed by atoms with E-state index in [0.29, 0.717) is 5.69 Å². The molecule has 4 aromatic rings. The lowest BCUT2D eigenvalue weighted by Crippen LogP contribution is -2.50. The summed E-state index contributed by atoms with van der Waals surface area (Å²) in [6.45, 7) is 3.72. The highest BCUT2D eigenvalue weighted by Gasteiger charge is 2.34. The van der Waals surface area contributed by atoms with Crippen LogP contribution in [0.1, 0.15) is 24.2 Å². The van der Waals surface area contributed by atoms with Crippen LogP contribution in [0, 0.1) is 11.7 Å². The van der Waals surface area contributed by atoms with E-state index >= 15 is 0 Å². The van der Waals surface area contributed by atoms with Gasteiger partial charge in [0.15, 0.2) is 0 Å². The number of aliphatic hydroxyl groups is 1. The number of amides is 3. The van der Waals surface area contributed by atoms with E-state index in [0.717, 1.165) is 35.0 Å². The second-order valence-corrected chi connectivity index (χ2v) is 12.9. The number of nitrogens with zero attached hydrogens (tertiary/aromatic N) is 2. The Labute approximate surface area is 261 Å². The Morgan fingerprint density at radius 1 is 1.09 bits per heavy atom. The number of likely N-dealkylation sites (N-methyl/N-ethyl adjacent to an activating group) is 1. The van der Waals surface area contributed by atoms with Gasteiger partial charge in [0, 0.05) is 30.6 Å². The van der Waals surface area contributed by atoms with Crippen LogP contribution in [0.15, 0.2) is 89.8 Å². The minimum atomic E-state index is -4.08. The van der Waals surface area contributed by atoms with Gasteiger partial charge in [0.1, 0.15) is 17.7 Å². The smallest absolute Gasteiger partial charge is 0.321 e. The van der Waals surface area contributed by atoms with Crippen molar-refractivity contribution in [2.24, 2.45) is 5.92 Å². The number of hydrogen-bond donors (Lipinski definition) is 3. The lowest BCUT2D eigenvalue weighted by molar-refractivity contribution is 0.0371. The standard InChI is InChI=1S/C33H35FN4O6S/c1-21-18-38(22(2)20-39)32(40)28-17-25(36-45(42,43)26-14-11-24(34)12-15-26)13-16-30(28)44-31(21)19-37(3)33(41)35-29-10-6-8-23-7-4-5-9-27(23)29/h4-17,21-22,31,36,39H,18-20H2,1-3H3,(H,35,41)/t21-,22+,31-/m0/s1. The van der Waals surface area contributed by atoms with Crippen LogP contribution in [0.3, 0.4) is 0 Å². The quantitative estimate of drug-likeness (QED) is 0.246. The van der Waals surface area contributed by atoms with Gasteiger partial charge in [0.05, 0.1) is 35.3 Å². The molecule has 10 nitrogen and oxygen atoms in total. The number of nitrogens with one attached hydrogen (secondary N) is 2. The van der Waals surface area contributed by atoms with E-state index in [-0.39, 0.29) is 53.5 Å². The summed E-state index contributed by atoms with van der Waals surface area (Å²) in [7, 11) is -2.43. The van der Waals surface area contributed by atoms with Crippen molar-refractivity contribution in [3.05, 3.63) is 96.3 Å². The summed E-state index contributed by atoms with van der Waals surface area (Å²) in [5, 5.41) is 14.8. The van der Waals surface area contributed by atoms with Crippen LogP contribution in [0.4, 0.5) is 20.6 Å². The number of urea groups is 1. The Hall–Kier alpha value is -4.68. The predicted molar refractivity (Wildman–Crippen MR) is 170 cm³/mol. The second-order valence-electron chi connectivity index (χ2n) is 11.2. The molecule has 0 spiro atoms. The highest BCUT2D eigenvalue weighted by atomic mass is 32.2. The van der Waals surface area contributed by atoms with E-state index in [9.17, 15) is 27.5 Å². The molecule has 0 saturated carbocycles. The summed E-state index contributed by atoms with van der Waals surface area (Å²) in [5.74, 6) is -1.06. The van der Waals surface area contributed by atoms with Gasteiger partial charge in [-0.3, -0.25) is 9.52 Å². The van der Waals surface area contributed by atoms with E-state index in [1.54, 1.807) is 14.0 Å². The summed E-state index contributed by atoms with van der Waals surface area (Å²) >= 11 is 0. The van der Waals surface area contributed by atoms with Crippen molar-refractivity contribution in [3.63, 3.8) is 0 Å². The fourth-order valence-corrected chi connectivity index (χ4v) is 6.28. The number of aliphatic hydroxyl groups excluding tert-OH is 1. The molecule has 12 heteroatoms. The molecule has 5 rings (SSSR count). The summed E-state index contributed by atoms with van der Waals surface area (Å²) in [4.78, 5) is 29.9. The van der Waals surface area contributed by atoms with Crippen LogP contribution in [0.25, 0.3) is 10.8 Å². The van der Waals surface area contributed by atoms with Gasteiger partial charge in [-0.25, -0.2) is 17.6 Å². The number of fused-ring (bicyclic) bond motifs is 2. The molecule has 0 saturated heterocycles. The molecule has 4 aromatic carbocycles. The Morgan fingerprint density at radius 2 is 1.80 bits per heavy atom. The van der Waals surface area contributed by atoms with Gasteiger partial charge in [-0.15, -0.1) is 0 Å². The van der Waals surface area contributed by atoms with Crippen molar-refractivity contribution >= 4 is 44.1 Å². The van der Waals surface area contributed by atoms with Crippen molar-refractivity contribution in [1.82, 2.24) is 9.80 Å². The average molecular weight is 635 g/mol. The molecule has 3 atom stereocenters. The molecule has 45 heavy (non-hydrogen) atoms. The van der Waals surface area contributed by atoms with Gasteiger partial charge in [-0.05, 0) is 60.8 Å². The molecule has 0 aliphatic carbocycles. The molecule has 1 heterocycles. The first kappa shape index (κ1) is 31.7. The Balaban J connectivity index is 1.40. The molecule has 0 bridgehead atoms. The monoisotopic (exact) mass is 634 g/mol. The first-order valence-electron chi connectivity index (χ1n) is 14.5. The first-order valence-corrected chi connectivity index (χ1v) is 16.0. The molecule has 0 unspecified atom stereocenters. The Bertz CT molecular complexity index is 1810. The normalized spacial score (nSPS) is 17.4. The number of benzene rings is 4. The van der Waals surface area contributed by atoms with Crippen molar-refractivity contribution in [2.75, 3.05) is 36.8 Å². The van der Waals surface area contributed by atoms with Gasteiger partial charge in [0.25, 0.3) is 15.9 Å². The van der Waals surface area contributed by atoms with Crippen molar-refractivity contribution in [2.45, 2.75) is 30.9 Å². The predicted octanol–water partition coefficient (Wildman–Crippen LogP) is 5.16. The minimum absolute atomic E-state index is 0.0920. The lowest BCUT2D eigenvalue weighted by atomic mass is 9.99. The van der Waals surface area contributed by atoms with E-state index in [1.807, 2.05) is 49.4 Å². The van der Waals surface area contributed by atoms with Gasteiger partial charge < -0.3 is 25.0 Å². The van der Waals surface area contributed by atoms with Gasteiger partial charge >= 0.3 is 6.03 Å².